The van der Waals surface area contributed by atoms with Crippen molar-refractivity contribution in [2.75, 3.05) is 0 Å². The van der Waals surface area contributed by atoms with E-state index >= 15 is 0 Å². The monoisotopic (exact) mass is 168 g/mol. The van der Waals surface area contributed by atoms with Crippen LogP contribution < -0.4 is 0 Å². The fourth-order valence-electron chi connectivity index (χ4n) is 2.97. The zero-order valence-corrected chi connectivity index (χ0v) is 7.92. The summed E-state index contributed by atoms with van der Waals surface area (Å²) in [6.45, 7) is 6.14. The number of ketones is 1. The third-order valence-electron chi connectivity index (χ3n) is 4.54. The summed E-state index contributed by atoms with van der Waals surface area (Å²) < 4.78 is 0. The average molecular weight is 168 g/mol. The highest BCUT2D eigenvalue weighted by molar-refractivity contribution is 5.90. The Labute approximate surface area is 73.0 Å². The summed E-state index contributed by atoms with van der Waals surface area (Å²) in [5.41, 5.74) is -0.457. The minimum absolute atomic E-state index is 0.00347. The Hall–Kier alpha value is -0.370. The van der Waals surface area contributed by atoms with Crippen molar-refractivity contribution < 1.29 is 9.90 Å². The highest BCUT2D eigenvalue weighted by Crippen LogP contribution is 2.63. The van der Waals surface area contributed by atoms with Crippen molar-refractivity contribution in [3.05, 3.63) is 0 Å². The average Bonchev–Trinajstić information content (AvgIpc) is 2.20. The summed E-state index contributed by atoms with van der Waals surface area (Å²) >= 11 is 0. The quantitative estimate of drug-likeness (QED) is 0.593. The minimum Gasteiger partial charge on any atom is -0.392 e. The molecule has 0 radical (unpaired) electrons. The summed E-state index contributed by atoms with van der Waals surface area (Å²) in [5.74, 6) is 0.668. The lowest BCUT2D eigenvalue weighted by atomic mass is 9.69. The van der Waals surface area contributed by atoms with Crippen LogP contribution in [0.2, 0.25) is 0 Å². The SMILES string of the molecule is CC1(C)C2CC(=O)[C@]1(C)[C@H](O)C2. The van der Waals surface area contributed by atoms with E-state index in [4.69, 9.17) is 0 Å². The van der Waals surface area contributed by atoms with Crippen LogP contribution in [-0.2, 0) is 4.79 Å². The van der Waals surface area contributed by atoms with Gasteiger partial charge >= 0.3 is 0 Å². The Balaban J connectivity index is 2.51. The molecule has 2 saturated carbocycles. The predicted octanol–water partition coefficient (Wildman–Crippen LogP) is 1.37. The Morgan fingerprint density at radius 1 is 1.42 bits per heavy atom. The molecule has 1 N–H and O–H groups in total. The molecule has 2 aliphatic carbocycles. The van der Waals surface area contributed by atoms with Gasteiger partial charge in [0.2, 0.25) is 0 Å². The molecule has 3 atom stereocenters. The topological polar surface area (TPSA) is 37.3 Å². The molecule has 2 heteroatoms. The van der Waals surface area contributed by atoms with Gasteiger partial charge in [-0.05, 0) is 24.7 Å². The van der Waals surface area contributed by atoms with Crippen molar-refractivity contribution in [2.24, 2.45) is 16.7 Å². The molecule has 0 spiro atoms. The van der Waals surface area contributed by atoms with Gasteiger partial charge in [0.05, 0.1) is 11.5 Å². The molecule has 2 rings (SSSR count). The van der Waals surface area contributed by atoms with Gasteiger partial charge < -0.3 is 5.11 Å². The molecule has 12 heavy (non-hydrogen) atoms. The molecule has 2 aliphatic rings. The second kappa shape index (κ2) is 1.92. The van der Waals surface area contributed by atoms with E-state index in [0.29, 0.717) is 12.3 Å². The molecule has 2 bridgehead atoms. The molecule has 68 valence electrons. The van der Waals surface area contributed by atoms with E-state index in [2.05, 4.69) is 13.8 Å². The number of aliphatic hydroxyl groups is 1. The van der Waals surface area contributed by atoms with Crippen LogP contribution in [0.1, 0.15) is 33.6 Å². The number of carbonyl (C=O) groups is 1. The van der Waals surface area contributed by atoms with Crippen molar-refractivity contribution >= 4 is 5.78 Å². The Morgan fingerprint density at radius 2 is 2.00 bits per heavy atom. The minimum atomic E-state index is -0.461. The maximum Gasteiger partial charge on any atom is 0.142 e. The second-order valence-electron chi connectivity index (χ2n) is 5.00. The molecule has 0 saturated heterocycles. The van der Waals surface area contributed by atoms with Gasteiger partial charge in [-0.15, -0.1) is 0 Å². The number of hydrogen-bond donors (Lipinski definition) is 1. The first-order chi connectivity index (χ1) is 5.40. The molecule has 2 fully saturated rings. The van der Waals surface area contributed by atoms with Crippen LogP contribution in [0.25, 0.3) is 0 Å². The molecule has 1 unspecified atom stereocenters. The van der Waals surface area contributed by atoms with Crippen molar-refractivity contribution in [2.45, 2.75) is 39.7 Å². The Bertz CT molecular complexity index is 244. The van der Waals surface area contributed by atoms with E-state index in [9.17, 15) is 9.90 Å². The first-order valence-corrected chi connectivity index (χ1v) is 4.62. The zero-order chi connectivity index (χ0) is 9.15. The van der Waals surface area contributed by atoms with E-state index in [1.54, 1.807) is 0 Å². The van der Waals surface area contributed by atoms with Crippen LogP contribution in [0.15, 0.2) is 0 Å². The normalized spacial score (nSPS) is 50.2. The lowest BCUT2D eigenvalue weighted by Gasteiger charge is -2.34. The van der Waals surface area contributed by atoms with Crippen LogP contribution in [0.3, 0.4) is 0 Å². The number of fused-ring (bicyclic) bond motifs is 2. The van der Waals surface area contributed by atoms with Crippen LogP contribution in [0.4, 0.5) is 0 Å². The molecular formula is C10H16O2. The fraction of sp³-hybridized carbons (Fsp3) is 0.900. The molecule has 0 heterocycles. The smallest absolute Gasteiger partial charge is 0.142 e. The summed E-state index contributed by atoms with van der Waals surface area (Å²) in [7, 11) is 0. The van der Waals surface area contributed by atoms with E-state index < -0.39 is 11.5 Å². The second-order valence-corrected chi connectivity index (χ2v) is 5.00. The number of carbonyl (C=O) groups excluding carboxylic acids is 1. The van der Waals surface area contributed by atoms with Crippen molar-refractivity contribution in [1.82, 2.24) is 0 Å². The van der Waals surface area contributed by atoms with Crippen molar-refractivity contribution in [3.63, 3.8) is 0 Å². The maximum atomic E-state index is 11.6. The lowest BCUT2D eigenvalue weighted by molar-refractivity contribution is -0.135. The van der Waals surface area contributed by atoms with Gasteiger partial charge in [-0.1, -0.05) is 13.8 Å². The summed E-state index contributed by atoms with van der Waals surface area (Å²) in [6.07, 6.45) is 1.09. The fourth-order valence-corrected chi connectivity index (χ4v) is 2.97. The Morgan fingerprint density at radius 3 is 2.25 bits per heavy atom. The van der Waals surface area contributed by atoms with Gasteiger partial charge in [0, 0.05) is 6.42 Å². The van der Waals surface area contributed by atoms with Crippen LogP contribution >= 0.6 is 0 Å². The van der Waals surface area contributed by atoms with E-state index in [-0.39, 0.29) is 11.2 Å². The van der Waals surface area contributed by atoms with Gasteiger partial charge in [-0.2, -0.15) is 0 Å². The molecular weight excluding hydrogens is 152 g/mol. The highest BCUT2D eigenvalue weighted by Gasteiger charge is 2.66. The maximum absolute atomic E-state index is 11.6. The van der Waals surface area contributed by atoms with E-state index in [1.807, 2.05) is 6.92 Å². The molecule has 0 aliphatic heterocycles. The van der Waals surface area contributed by atoms with Gasteiger partial charge in [0.1, 0.15) is 5.78 Å². The lowest BCUT2D eigenvalue weighted by Crippen LogP contribution is -2.41. The number of rotatable bonds is 0. The number of Topliss-reactive ketones (excluding diaryl/α,β-unsaturated/α-hetero) is 1. The van der Waals surface area contributed by atoms with Crippen LogP contribution in [-0.4, -0.2) is 17.0 Å². The van der Waals surface area contributed by atoms with Crippen LogP contribution in [0.5, 0.6) is 0 Å². The van der Waals surface area contributed by atoms with E-state index in [0.717, 1.165) is 6.42 Å². The van der Waals surface area contributed by atoms with Gasteiger partial charge in [0.15, 0.2) is 0 Å². The van der Waals surface area contributed by atoms with Gasteiger partial charge in [0.25, 0.3) is 0 Å². The largest absolute Gasteiger partial charge is 0.392 e. The number of aliphatic hydroxyl groups excluding tert-OH is 1. The highest BCUT2D eigenvalue weighted by atomic mass is 16.3. The molecule has 2 nitrogen and oxygen atoms in total. The van der Waals surface area contributed by atoms with Gasteiger partial charge in [-0.25, -0.2) is 0 Å². The molecule has 0 aromatic carbocycles. The third kappa shape index (κ3) is 0.598. The molecule has 0 amide bonds. The third-order valence-corrected chi connectivity index (χ3v) is 4.54. The first-order valence-electron chi connectivity index (χ1n) is 4.62. The summed E-state index contributed by atoms with van der Waals surface area (Å²) in [6, 6.07) is 0. The van der Waals surface area contributed by atoms with Gasteiger partial charge in [-0.3, -0.25) is 4.79 Å². The summed E-state index contributed by atoms with van der Waals surface area (Å²) in [4.78, 5) is 11.6. The summed E-state index contributed by atoms with van der Waals surface area (Å²) in [5, 5.41) is 9.76. The molecule has 0 aromatic heterocycles. The first kappa shape index (κ1) is 8.24. The van der Waals surface area contributed by atoms with Crippen LogP contribution in [0, 0.1) is 16.7 Å². The van der Waals surface area contributed by atoms with Crippen molar-refractivity contribution in [3.8, 4) is 0 Å². The predicted molar refractivity (Wildman–Crippen MR) is 45.6 cm³/mol. The molecule has 0 aromatic rings. The number of hydrogen-bond acceptors (Lipinski definition) is 2. The zero-order valence-electron chi connectivity index (χ0n) is 7.92. The van der Waals surface area contributed by atoms with E-state index in [1.165, 1.54) is 0 Å². The standard InChI is InChI=1S/C10H16O2/c1-9(2)6-4-7(11)10(9,3)8(12)5-6/h6-7,11H,4-5H2,1-3H3/t6?,7-,10+/m1/s1. The Kier molecular flexibility index (Phi) is 1.32. The van der Waals surface area contributed by atoms with Crippen molar-refractivity contribution in [1.29, 1.82) is 0 Å².